The Labute approximate surface area is 207 Å². The fourth-order valence-corrected chi connectivity index (χ4v) is 6.58. The van der Waals surface area contributed by atoms with Crippen LogP contribution in [-0.4, -0.2) is 31.7 Å². The molecule has 1 aliphatic heterocycles. The number of sulfonamides is 1. The molecule has 1 N–H and O–H groups in total. The summed E-state index contributed by atoms with van der Waals surface area (Å²) in [4.78, 5) is 13.0. The van der Waals surface area contributed by atoms with Gasteiger partial charge in [0.1, 0.15) is 11.2 Å². The standard InChI is InChI=1S/C25H22Cl2N2O4S/c26-18-8-7-17(22(27)12-18)15-34(31,32)29-11-3-4-16(14-29)25(30)28-19-9-10-21-20-5-1-2-6-23(20)33-24(21)13-19/h1-2,5-10,12-13,16H,3-4,11,14-15H2,(H,28,30)/t16-/m0/s1. The second-order valence-electron chi connectivity index (χ2n) is 8.49. The molecule has 1 fully saturated rings. The van der Waals surface area contributed by atoms with E-state index in [-0.39, 0.29) is 18.2 Å². The van der Waals surface area contributed by atoms with Gasteiger partial charge in [-0.25, -0.2) is 12.7 Å². The fraction of sp³-hybridized carbons (Fsp3) is 0.240. The molecule has 1 aromatic heterocycles. The third-order valence-corrected chi connectivity index (χ3v) is 8.53. The van der Waals surface area contributed by atoms with Crippen molar-refractivity contribution in [3.63, 3.8) is 0 Å². The molecule has 1 saturated heterocycles. The van der Waals surface area contributed by atoms with E-state index in [1.165, 1.54) is 10.4 Å². The third-order valence-electron chi connectivity index (χ3n) is 6.15. The van der Waals surface area contributed by atoms with E-state index in [2.05, 4.69) is 5.32 Å². The van der Waals surface area contributed by atoms with E-state index in [0.717, 1.165) is 16.4 Å². The molecule has 0 radical (unpaired) electrons. The van der Waals surface area contributed by atoms with E-state index < -0.39 is 15.9 Å². The van der Waals surface area contributed by atoms with Crippen LogP contribution < -0.4 is 5.32 Å². The Bertz CT molecular complexity index is 1500. The first-order valence-electron chi connectivity index (χ1n) is 10.9. The highest BCUT2D eigenvalue weighted by molar-refractivity contribution is 7.88. The molecule has 9 heteroatoms. The highest BCUT2D eigenvalue weighted by Gasteiger charge is 2.33. The minimum absolute atomic E-state index is 0.131. The number of carbonyl (C=O) groups is 1. The van der Waals surface area contributed by atoms with Crippen molar-refractivity contribution in [2.75, 3.05) is 18.4 Å². The predicted octanol–water partition coefficient (Wildman–Crippen LogP) is 6.07. The van der Waals surface area contributed by atoms with Crippen LogP contribution in [0.5, 0.6) is 0 Å². The van der Waals surface area contributed by atoms with Crippen LogP contribution in [0.3, 0.4) is 0 Å². The maximum Gasteiger partial charge on any atom is 0.228 e. The number of nitrogens with one attached hydrogen (secondary N) is 1. The lowest BCUT2D eigenvalue weighted by Gasteiger charge is -2.31. The van der Waals surface area contributed by atoms with Gasteiger partial charge in [-0.2, -0.15) is 0 Å². The van der Waals surface area contributed by atoms with E-state index in [0.29, 0.717) is 46.3 Å². The molecule has 176 valence electrons. The Morgan fingerprint density at radius 2 is 1.82 bits per heavy atom. The predicted molar refractivity (Wildman–Crippen MR) is 136 cm³/mol. The Balaban J connectivity index is 1.29. The van der Waals surface area contributed by atoms with Crippen LogP contribution in [0.1, 0.15) is 18.4 Å². The van der Waals surface area contributed by atoms with Gasteiger partial charge in [0, 0.05) is 45.7 Å². The van der Waals surface area contributed by atoms with Gasteiger partial charge in [-0.3, -0.25) is 4.79 Å². The van der Waals surface area contributed by atoms with Gasteiger partial charge < -0.3 is 9.73 Å². The summed E-state index contributed by atoms with van der Waals surface area (Å²) < 4.78 is 33.4. The van der Waals surface area contributed by atoms with Gasteiger partial charge in [-0.05, 0) is 48.7 Å². The molecule has 1 aliphatic rings. The molecule has 34 heavy (non-hydrogen) atoms. The number of fused-ring (bicyclic) bond motifs is 3. The third kappa shape index (κ3) is 4.66. The molecule has 0 aliphatic carbocycles. The monoisotopic (exact) mass is 516 g/mol. The van der Waals surface area contributed by atoms with Crippen molar-refractivity contribution in [3.05, 3.63) is 76.3 Å². The molecule has 2 heterocycles. The van der Waals surface area contributed by atoms with Crippen LogP contribution in [0.15, 0.2) is 65.1 Å². The average Bonchev–Trinajstić information content (AvgIpc) is 3.19. The van der Waals surface area contributed by atoms with E-state index in [1.54, 1.807) is 18.2 Å². The zero-order chi connectivity index (χ0) is 23.9. The molecule has 0 saturated carbocycles. The number of hydrogen-bond acceptors (Lipinski definition) is 4. The second kappa shape index (κ2) is 9.23. The highest BCUT2D eigenvalue weighted by Crippen LogP contribution is 2.31. The lowest BCUT2D eigenvalue weighted by atomic mass is 9.98. The number of amides is 1. The molecule has 0 spiro atoms. The number of rotatable bonds is 5. The Kier molecular flexibility index (Phi) is 6.29. The number of para-hydroxylation sites is 1. The second-order valence-corrected chi connectivity index (χ2v) is 11.3. The maximum atomic E-state index is 13.0. The minimum Gasteiger partial charge on any atom is -0.456 e. The van der Waals surface area contributed by atoms with Crippen LogP contribution in [-0.2, 0) is 20.6 Å². The van der Waals surface area contributed by atoms with Gasteiger partial charge in [-0.1, -0.05) is 47.5 Å². The van der Waals surface area contributed by atoms with Crippen LogP contribution in [0.2, 0.25) is 10.0 Å². The van der Waals surface area contributed by atoms with Gasteiger partial charge >= 0.3 is 0 Å². The Morgan fingerprint density at radius 3 is 2.65 bits per heavy atom. The molecule has 3 aromatic carbocycles. The number of benzene rings is 3. The molecule has 1 amide bonds. The van der Waals surface area contributed by atoms with Gasteiger partial charge in [0.2, 0.25) is 15.9 Å². The van der Waals surface area contributed by atoms with Crippen molar-refractivity contribution in [1.29, 1.82) is 0 Å². The number of carbonyl (C=O) groups excluding carboxylic acids is 1. The molecule has 5 rings (SSSR count). The van der Waals surface area contributed by atoms with Crippen molar-refractivity contribution in [3.8, 4) is 0 Å². The number of furan rings is 1. The maximum absolute atomic E-state index is 13.0. The summed E-state index contributed by atoms with van der Waals surface area (Å²) in [5.41, 5.74) is 2.57. The van der Waals surface area contributed by atoms with Gasteiger partial charge in [-0.15, -0.1) is 0 Å². The summed E-state index contributed by atoms with van der Waals surface area (Å²) in [6.07, 6.45) is 1.22. The summed E-state index contributed by atoms with van der Waals surface area (Å²) in [5.74, 6) is -0.893. The number of nitrogens with zero attached hydrogens (tertiary/aromatic N) is 1. The molecule has 0 unspecified atom stereocenters. The molecule has 0 bridgehead atoms. The SMILES string of the molecule is O=C(Nc1ccc2c(c1)oc1ccccc12)[C@H]1CCCN(S(=O)(=O)Cc2ccc(Cl)cc2Cl)C1. The van der Waals surface area contributed by atoms with Crippen molar-refractivity contribution >= 4 is 66.8 Å². The number of anilines is 1. The Hall–Kier alpha value is -2.58. The molecular weight excluding hydrogens is 495 g/mol. The first-order valence-corrected chi connectivity index (χ1v) is 13.3. The summed E-state index contributed by atoms with van der Waals surface area (Å²) >= 11 is 12.1. The number of piperidine rings is 1. The summed E-state index contributed by atoms with van der Waals surface area (Å²) in [7, 11) is -3.64. The normalized spacial score (nSPS) is 17.3. The molecule has 1 atom stereocenters. The zero-order valence-corrected chi connectivity index (χ0v) is 20.5. The van der Waals surface area contributed by atoms with Crippen molar-refractivity contribution in [2.45, 2.75) is 18.6 Å². The van der Waals surface area contributed by atoms with Crippen molar-refractivity contribution in [1.82, 2.24) is 4.31 Å². The smallest absolute Gasteiger partial charge is 0.228 e. The zero-order valence-electron chi connectivity index (χ0n) is 18.1. The summed E-state index contributed by atoms with van der Waals surface area (Å²) in [5, 5.41) is 5.68. The molecular formula is C25H22Cl2N2O4S. The van der Waals surface area contributed by atoms with Crippen molar-refractivity contribution in [2.24, 2.45) is 5.92 Å². The van der Waals surface area contributed by atoms with Gasteiger partial charge in [0.15, 0.2) is 0 Å². The van der Waals surface area contributed by atoms with Crippen LogP contribution in [0.25, 0.3) is 21.9 Å². The van der Waals surface area contributed by atoms with Crippen LogP contribution >= 0.6 is 23.2 Å². The lowest BCUT2D eigenvalue weighted by Crippen LogP contribution is -2.44. The Morgan fingerprint density at radius 1 is 1.03 bits per heavy atom. The number of hydrogen-bond donors (Lipinski definition) is 1. The van der Waals surface area contributed by atoms with Gasteiger partial charge in [0.05, 0.1) is 11.7 Å². The lowest BCUT2D eigenvalue weighted by molar-refractivity contribution is -0.120. The van der Waals surface area contributed by atoms with E-state index in [1.807, 2.05) is 36.4 Å². The summed E-state index contributed by atoms with van der Waals surface area (Å²) in [6, 6.07) is 18.1. The molecule has 4 aromatic rings. The average molecular weight is 517 g/mol. The fourth-order valence-electron chi connectivity index (χ4n) is 4.38. The number of halogens is 2. The first-order chi connectivity index (χ1) is 16.3. The van der Waals surface area contributed by atoms with Gasteiger partial charge in [0.25, 0.3) is 0 Å². The van der Waals surface area contributed by atoms with E-state index in [9.17, 15) is 13.2 Å². The summed E-state index contributed by atoms with van der Waals surface area (Å²) in [6.45, 7) is 0.508. The van der Waals surface area contributed by atoms with Crippen LogP contribution in [0, 0.1) is 5.92 Å². The van der Waals surface area contributed by atoms with E-state index >= 15 is 0 Å². The molecule has 6 nitrogen and oxygen atoms in total. The van der Waals surface area contributed by atoms with E-state index in [4.69, 9.17) is 27.6 Å². The topological polar surface area (TPSA) is 79.6 Å². The van der Waals surface area contributed by atoms with Crippen LogP contribution in [0.4, 0.5) is 5.69 Å². The first kappa shape index (κ1) is 23.2. The highest BCUT2D eigenvalue weighted by atomic mass is 35.5. The minimum atomic E-state index is -3.64. The van der Waals surface area contributed by atoms with Crippen molar-refractivity contribution < 1.29 is 17.6 Å². The quantitative estimate of drug-likeness (QED) is 0.348. The largest absolute Gasteiger partial charge is 0.456 e.